The standard InChI is InChI=1S/C15H21BrO2/c1-11(2)10-12-4-6-13(7-5-12)14(8-9-16)15(17)18-3/h4-7,11,14H,8-10H2,1-3H3. The van der Waals surface area contributed by atoms with Crippen LogP contribution in [-0.4, -0.2) is 18.4 Å². The highest BCUT2D eigenvalue weighted by atomic mass is 79.9. The third kappa shape index (κ3) is 4.45. The average molecular weight is 313 g/mol. The fourth-order valence-corrected chi connectivity index (χ4v) is 2.49. The Hall–Kier alpha value is -0.830. The smallest absolute Gasteiger partial charge is 0.313 e. The molecule has 1 atom stereocenters. The summed E-state index contributed by atoms with van der Waals surface area (Å²) in [5, 5.41) is 0.792. The Labute approximate surface area is 118 Å². The van der Waals surface area contributed by atoms with Crippen LogP contribution in [0.3, 0.4) is 0 Å². The topological polar surface area (TPSA) is 26.3 Å². The number of esters is 1. The van der Waals surface area contributed by atoms with Gasteiger partial charge < -0.3 is 4.74 Å². The van der Waals surface area contributed by atoms with Crippen molar-refractivity contribution in [2.75, 3.05) is 12.4 Å². The van der Waals surface area contributed by atoms with E-state index < -0.39 is 0 Å². The molecular formula is C15H21BrO2. The Morgan fingerprint density at radius 1 is 1.28 bits per heavy atom. The molecule has 3 heteroatoms. The molecule has 0 amide bonds. The maximum atomic E-state index is 11.7. The van der Waals surface area contributed by atoms with E-state index in [1.165, 1.54) is 12.7 Å². The van der Waals surface area contributed by atoms with Gasteiger partial charge in [-0.1, -0.05) is 54.0 Å². The van der Waals surface area contributed by atoms with Gasteiger partial charge in [0, 0.05) is 5.33 Å². The first kappa shape index (κ1) is 15.2. The first-order chi connectivity index (χ1) is 8.58. The maximum absolute atomic E-state index is 11.7. The van der Waals surface area contributed by atoms with Gasteiger partial charge in [0.05, 0.1) is 13.0 Å². The van der Waals surface area contributed by atoms with Crippen LogP contribution in [0.4, 0.5) is 0 Å². The summed E-state index contributed by atoms with van der Waals surface area (Å²) in [5.41, 5.74) is 2.35. The summed E-state index contributed by atoms with van der Waals surface area (Å²) in [6, 6.07) is 8.31. The number of carbonyl (C=O) groups excluding carboxylic acids is 1. The Bertz CT molecular complexity index is 371. The van der Waals surface area contributed by atoms with E-state index in [1.54, 1.807) is 0 Å². The van der Waals surface area contributed by atoms with Crippen LogP contribution in [0.15, 0.2) is 24.3 Å². The predicted octanol–water partition coefficient (Wildman–Crippen LogP) is 3.93. The van der Waals surface area contributed by atoms with E-state index in [0.29, 0.717) is 5.92 Å². The van der Waals surface area contributed by atoms with Crippen molar-refractivity contribution in [1.82, 2.24) is 0 Å². The molecule has 0 saturated carbocycles. The number of methoxy groups -OCH3 is 1. The molecule has 0 heterocycles. The van der Waals surface area contributed by atoms with Crippen LogP contribution in [-0.2, 0) is 16.0 Å². The van der Waals surface area contributed by atoms with Crippen molar-refractivity contribution in [3.05, 3.63) is 35.4 Å². The Kier molecular flexibility index (Phi) is 6.41. The largest absolute Gasteiger partial charge is 0.469 e. The first-order valence-electron chi connectivity index (χ1n) is 6.31. The molecule has 100 valence electrons. The highest BCUT2D eigenvalue weighted by Crippen LogP contribution is 2.23. The zero-order valence-corrected chi connectivity index (χ0v) is 12.9. The van der Waals surface area contributed by atoms with Gasteiger partial charge >= 0.3 is 5.97 Å². The molecule has 0 bridgehead atoms. The summed E-state index contributed by atoms with van der Waals surface area (Å²) in [6.07, 6.45) is 1.83. The summed E-state index contributed by atoms with van der Waals surface area (Å²) in [4.78, 5) is 11.7. The molecule has 0 saturated heterocycles. The lowest BCUT2D eigenvalue weighted by Crippen LogP contribution is -2.14. The predicted molar refractivity (Wildman–Crippen MR) is 78.2 cm³/mol. The van der Waals surface area contributed by atoms with Crippen molar-refractivity contribution < 1.29 is 9.53 Å². The number of carbonyl (C=O) groups is 1. The molecule has 1 aromatic rings. The monoisotopic (exact) mass is 312 g/mol. The van der Waals surface area contributed by atoms with E-state index in [0.717, 1.165) is 23.7 Å². The summed E-state index contributed by atoms with van der Waals surface area (Å²) in [7, 11) is 1.44. The van der Waals surface area contributed by atoms with Crippen LogP contribution in [0.25, 0.3) is 0 Å². The highest BCUT2D eigenvalue weighted by molar-refractivity contribution is 9.09. The fourth-order valence-electron chi connectivity index (χ4n) is 2.03. The van der Waals surface area contributed by atoms with Crippen molar-refractivity contribution in [3.8, 4) is 0 Å². The SMILES string of the molecule is COC(=O)C(CCBr)c1ccc(CC(C)C)cc1. The lowest BCUT2D eigenvalue weighted by Gasteiger charge is -2.14. The van der Waals surface area contributed by atoms with Gasteiger partial charge in [0.15, 0.2) is 0 Å². The van der Waals surface area contributed by atoms with Crippen molar-refractivity contribution in [1.29, 1.82) is 0 Å². The van der Waals surface area contributed by atoms with E-state index >= 15 is 0 Å². The molecule has 0 radical (unpaired) electrons. The third-order valence-corrected chi connectivity index (χ3v) is 3.37. The number of alkyl halides is 1. The number of ether oxygens (including phenoxy) is 1. The van der Waals surface area contributed by atoms with Crippen LogP contribution >= 0.6 is 15.9 Å². The molecule has 1 unspecified atom stereocenters. The van der Waals surface area contributed by atoms with E-state index in [9.17, 15) is 4.79 Å². The van der Waals surface area contributed by atoms with E-state index in [4.69, 9.17) is 4.74 Å². The van der Waals surface area contributed by atoms with Crippen LogP contribution < -0.4 is 0 Å². The molecule has 0 fully saturated rings. The second-order valence-electron chi connectivity index (χ2n) is 4.89. The number of rotatable bonds is 6. The van der Waals surface area contributed by atoms with Gasteiger partial charge in [-0.15, -0.1) is 0 Å². The molecule has 1 aromatic carbocycles. The van der Waals surface area contributed by atoms with Crippen LogP contribution in [0.5, 0.6) is 0 Å². The van der Waals surface area contributed by atoms with Gasteiger partial charge in [-0.25, -0.2) is 0 Å². The van der Waals surface area contributed by atoms with Crippen molar-refractivity contribution in [2.45, 2.75) is 32.6 Å². The molecular weight excluding hydrogens is 292 g/mol. The molecule has 0 aliphatic carbocycles. The number of benzene rings is 1. The maximum Gasteiger partial charge on any atom is 0.313 e. The van der Waals surface area contributed by atoms with Crippen molar-refractivity contribution in [2.24, 2.45) is 5.92 Å². The van der Waals surface area contributed by atoms with E-state index in [-0.39, 0.29) is 11.9 Å². The van der Waals surface area contributed by atoms with Gasteiger partial charge in [-0.2, -0.15) is 0 Å². The summed E-state index contributed by atoms with van der Waals surface area (Å²) in [5.74, 6) is 0.323. The Morgan fingerprint density at radius 3 is 2.33 bits per heavy atom. The summed E-state index contributed by atoms with van der Waals surface area (Å²) in [6.45, 7) is 4.41. The fraction of sp³-hybridized carbons (Fsp3) is 0.533. The van der Waals surface area contributed by atoms with Crippen molar-refractivity contribution >= 4 is 21.9 Å². The molecule has 0 aromatic heterocycles. The molecule has 0 aliphatic heterocycles. The molecule has 0 aliphatic rings. The van der Waals surface area contributed by atoms with Gasteiger partial charge in [0.25, 0.3) is 0 Å². The average Bonchev–Trinajstić information content (AvgIpc) is 2.35. The molecule has 0 spiro atoms. The van der Waals surface area contributed by atoms with E-state index in [1.807, 2.05) is 12.1 Å². The quantitative estimate of drug-likeness (QED) is 0.587. The molecule has 18 heavy (non-hydrogen) atoms. The molecule has 2 nitrogen and oxygen atoms in total. The number of hydrogen-bond donors (Lipinski definition) is 0. The highest BCUT2D eigenvalue weighted by Gasteiger charge is 2.20. The second-order valence-corrected chi connectivity index (χ2v) is 5.69. The first-order valence-corrected chi connectivity index (χ1v) is 7.43. The Balaban J connectivity index is 2.83. The summed E-state index contributed by atoms with van der Waals surface area (Å²) >= 11 is 3.38. The van der Waals surface area contributed by atoms with Crippen LogP contribution in [0.2, 0.25) is 0 Å². The lowest BCUT2D eigenvalue weighted by molar-refractivity contribution is -0.142. The minimum atomic E-state index is -0.164. The molecule has 0 N–H and O–H groups in total. The zero-order valence-electron chi connectivity index (χ0n) is 11.3. The van der Waals surface area contributed by atoms with Crippen molar-refractivity contribution in [3.63, 3.8) is 0 Å². The normalized spacial score (nSPS) is 12.5. The molecule has 1 rings (SSSR count). The zero-order chi connectivity index (χ0) is 13.5. The number of halogens is 1. The third-order valence-electron chi connectivity index (χ3n) is 2.91. The Morgan fingerprint density at radius 2 is 1.89 bits per heavy atom. The van der Waals surface area contributed by atoms with Gasteiger partial charge in [0.2, 0.25) is 0 Å². The lowest BCUT2D eigenvalue weighted by atomic mass is 9.94. The minimum Gasteiger partial charge on any atom is -0.469 e. The number of hydrogen-bond acceptors (Lipinski definition) is 2. The van der Waals surface area contributed by atoms with E-state index in [2.05, 4.69) is 41.9 Å². The second kappa shape index (κ2) is 7.57. The van der Waals surface area contributed by atoms with Crippen LogP contribution in [0.1, 0.15) is 37.3 Å². The van der Waals surface area contributed by atoms with Crippen LogP contribution in [0, 0.1) is 5.92 Å². The summed E-state index contributed by atoms with van der Waals surface area (Å²) < 4.78 is 4.85. The van der Waals surface area contributed by atoms with Gasteiger partial charge in [-0.05, 0) is 29.9 Å². The van der Waals surface area contributed by atoms with Gasteiger partial charge in [-0.3, -0.25) is 4.79 Å². The minimum absolute atomic E-state index is 0.161. The van der Waals surface area contributed by atoms with Gasteiger partial charge in [0.1, 0.15) is 0 Å².